The molecule has 0 saturated carbocycles. The van der Waals surface area contributed by atoms with Crippen LogP contribution < -0.4 is 0 Å². The predicted octanol–water partition coefficient (Wildman–Crippen LogP) is 1.69. The molecule has 0 unspecified atom stereocenters. The van der Waals surface area contributed by atoms with Crippen molar-refractivity contribution in [2.45, 2.75) is 19.4 Å². The van der Waals surface area contributed by atoms with E-state index in [0.717, 1.165) is 6.42 Å². The molecule has 0 radical (unpaired) electrons. The predicted molar refractivity (Wildman–Crippen MR) is 46.3 cm³/mol. The SMILES string of the molecule is C[C@@H](N=[N+]=[N-])[C@H]1CCN(C(=O)O)C1. The largest absolute Gasteiger partial charge is 0.465 e. The number of carbonyl (C=O) groups is 1. The zero-order chi connectivity index (χ0) is 9.84. The molecule has 1 fully saturated rings. The number of amides is 1. The maximum absolute atomic E-state index is 10.6. The first-order valence-corrected chi connectivity index (χ1v) is 4.17. The summed E-state index contributed by atoms with van der Waals surface area (Å²) < 4.78 is 0. The van der Waals surface area contributed by atoms with Crippen molar-refractivity contribution in [3.8, 4) is 0 Å². The van der Waals surface area contributed by atoms with Crippen LogP contribution in [-0.4, -0.2) is 35.2 Å². The molecule has 0 aromatic heterocycles. The van der Waals surface area contributed by atoms with Gasteiger partial charge in [0, 0.05) is 24.0 Å². The Bertz CT molecular complexity index is 249. The van der Waals surface area contributed by atoms with Gasteiger partial charge in [0.15, 0.2) is 0 Å². The molecule has 1 N–H and O–H groups in total. The Kier molecular flexibility index (Phi) is 2.97. The number of carboxylic acid groups (broad SMARTS) is 1. The fourth-order valence-corrected chi connectivity index (χ4v) is 1.53. The lowest BCUT2D eigenvalue weighted by atomic mass is 10.0. The molecular formula is C7H12N4O2. The van der Waals surface area contributed by atoms with Gasteiger partial charge in [-0.2, -0.15) is 0 Å². The average Bonchev–Trinajstić information content (AvgIpc) is 2.52. The average molecular weight is 184 g/mol. The molecule has 72 valence electrons. The first-order chi connectivity index (χ1) is 6.15. The fraction of sp³-hybridized carbons (Fsp3) is 0.857. The Labute approximate surface area is 75.8 Å². The second-order valence-corrected chi connectivity index (χ2v) is 3.22. The number of hydrogen-bond donors (Lipinski definition) is 1. The maximum atomic E-state index is 10.6. The first kappa shape index (κ1) is 9.67. The van der Waals surface area contributed by atoms with Crippen LogP contribution in [0.25, 0.3) is 10.4 Å². The Morgan fingerprint density at radius 2 is 2.54 bits per heavy atom. The van der Waals surface area contributed by atoms with E-state index in [0.29, 0.717) is 13.1 Å². The van der Waals surface area contributed by atoms with Crippen LogP contribution in [0.4, 0.5) is 4.79 Å². The van der Waals surface area contributed by atoms with E-state index in [1.165, 1.54) is 4.90 Å². The van der Waals surface area contributed by atoms with Crippen molar-refractivity contribution < 1.29 is 9.90 Å². The minimum atomic E-state index is -0.893. The van der Waals surface area contributed by atoms with Gasteiger partial charge in [0.05, 0.1) is 0 Å². The van der Waals surface area contributed by atoms with E-state index in [4.69, 9.17) is 10.6 Å². The van der Waals surface area contributed by atoms with Gasteiger partial charge in [0.25, 0.3) is 0 Å². The van der Waals surface area contributed by atoms with Gasteiger partial charge in [0.2, 0.25) is 0 Å². The summed E-state index contributed by atoms with van der Waals surface area (Å²) in [6, 6.07) is -0.116. The fourth-order valence-electron chi connectivity index (χ4n) is 1.53. The Balaban J connectivity index is 2.49. The van der Waals surface area contributed by atoms with Crippen LogP contribution in [0.3, 0.4) is 0 Å². The highest BCUT2D eigenvalue weighted by molar-refractivity contribution is 5.65. The van der Waals surface area contributed by atoms with E-state index in [9.17, 15) is 4.79 Å². The molecule has 6 nitrogen and oxygen atoms in total. The molecule has 2 atom stereocenters. The summed E-state index contributed by atoms with van der Waals surface area (Å²) in [5.41, 5.74) is 8.20. The summed E-state index contributed by atoms with van der Waals surface area (Å²) in [4.78, 5) is 14.6. The Hall–Kier alpha value is -1.42. The second-order valence-electron chi connectivity index (χ2n) is 3.22. The van der Waals surface area contributed by atoms with E-state index in [-0.39, 0.29) is 12.0 Å². The van der Waals surface area contributed by atoms with Crippen LogP contribution >= 0.6 is 0 Å². The molecular weight excluding hydrogens is 172 g/mol. The van der Waals surface area contributed by atoms with Crippen LogP contribution in [0.2, 0.25) is 0 Å². The highest BCUT2D eigenvalue weighted by Gasteiger charge is 2.28. The number of likely N-dealkylation sites (tertiary alicyclic amines) is 1. The van der Waals surface area contributed by atoms with Gasteiger partial charge < -0.3 is 10.0 Å². The third-order valence-corrected chi connectivity index (χ3v) is 2.41. The van der Waals surface area contributed by atoms with Crippen molar-refractivity contribution in [2.75, 3.05) is 13.1 Å². The zero-order valence-corrected chi connectivity index (χ0v) is 7.42. The minimum absolute atomic E-state index is 0.116. The monoisotopic (exact) mass is 184 g/mol. The quantitative estimate of drug-likeness (QED) is 0.402. The molecule has 13 heavy (non-hydrogen) atoms. The zero-order valence-electron chi connectivity index (χ0n) is 7.42. The van der Waals surface area contributed by atoms with Crippen molar-refractivity contribution in [3.63, 3.8) is 0 Å². The molecule has 1 saturated heterocycles. The maximum Gasteiger partial charge on any atom is 0.407 e. The van der Waals surface area contributed by atoms with Gasteiger partial charge >= 0.3 is 6.09 Å². The lowest BCUT2D eigenvalue weighted by Crippen LogP contribution is -2.28. The van der Waals surface area contributed by atoms with E-state index >= 15 is 0 Å². The molecule has 1 amide bonds. The van der Waals surface area contributed by atoms with Crippen molar-refractivity contribution in [1.29, 1.82) is 0 Å². The summed E-state index contributed by atoms with van der Waals surface area (Å²) >= 11 is 0. The smallest absolute Gasteiger partial charge is 0.407 e. The topological polar surface area (TPSA) is 89.3 Å². The van der Waals surface area contributed by atoms with Gasteiger partial charge in [0.1, 0.15) is 0 Å². The molecule has 1 aliphatic heterocycles. The van der Waals surface area contributed by atoms with E-state index in [1.807, 2.05) is 6.92 Å². The van der Waals surface area contributed by atoms with Crippen molar-refractivity contribution in [3.05, 3.63) is 10.4 Å². The number of nitrogens with zero attached hydrogens (tertiary/aromatic N) is 4. The van der Waals surface area contributed by atoms with E-state index in [1.54, 1.807) is 0 Å². The highest BCUT2D eigenvalue weighted by Crippen LogP contribution is 2.21. The Morgan fingerprint density at radius 3 is 3.00 bits per heavy atom. The summed E-state index contributed by atoms with van der Waals surface area (Å²) in [6.07, 6.45) is -0.109. The molecule has 1 heterocycles. The van der Waals surface area contributed by atoms with E-state index in [2.05, 4.69) is 10.0 Å². The summed E-state index contributed by atoms with van der Waals surface area (Å²) in [7, 11) is 0. The summed E-state index contributed by atoms with van der Waals surface area (Å²) in [5, 5.41) is 12.2. The first-order valence-electron chi connectivity index (χ1n) is 4.17. The lowest BCUT2D eigenvalue weighted by Gasteiger charge is -2.14. The Morgan fingerprint density at radius 1 is 1.85 bits per heavy atom. The standard InChI is InChI=1S/C7H12N4O2/c1-5(9-10-8)6-2-3-11(4-6)7(12)13/h5-6H,2-4H2,1H3,(H,12,13)/t5-,6+/m1/s1. The lowest BCUT2D eigenvalue weighted by molar-refractivity contribution is 0.153. The van der Waals surface area contributed by atoms with Crippen LogP contribution in [0.1, 0.15) is 13.3 Å². The molecule has 0 spiro atoms. The van der Waals surface area contributed by atoms with Crippen molar-refractivity contribution >= 4 is 6.09 Å². The molecule has 1 rings (SSSR count). The van der Waals surface area contributed by atoms with Crippen LogP contribution in [0.5, 0.6) is 0 Å². The minimum Gasteiger partial charge on any atom is -0.465 e. The third-order valence-electron chi connectivity index (χ3n) is 2.41. The van der Waals surface area contributed by atoms with Gasteiger partial charge in [-0.1, -0.05) is 12.0 Å². The van der Waals surface area contributed by atoms with Gasteiger partial charge in [-0.25, -0.2) is 4.79 Å². The molecule has 0 bridgehead atoms. The third kappa shape index (κ3) is 2.26. The van der Waals surface area contributed by atoms with Gasteiger partial charge in [-0.05, 0) is 17.9 Å². The van der Waals surface area contributed by atoms with Crippen molar-refractivity contribution in [1.82, 2.24) is 4.90 Å². The summed E-state index contributed by atoms with van der Waals surface area (Å²) in [6.45, 7) is 2.84. The number of hydrogen-bond acceptors (Lipinski definition) is 2. The molecule has 6 heteroatoms. The van der Waals surface area contributed by atoms with Gasteiger partial charge in [-0.3, -0.25) is 0 Å². The van der Waals surface area contributed by atoms with Crippen molar-refractivity contribution in [2.24, 2.45) is 11.0 Å². The van der Waals surface area contributed by atoms with Crippen LogP contribution in [0, 0.1) is 5.92 Å². The van der Waals surface area contributed by atoms with E-state index < -0.39 is 6.09 Å². The normalized spacial score (nSPS) is 23.8. The number of azide groups is 1. The highest BCUT2D eigenvalue weighted by atomic mass is 16.4. The van der Waals surface area contributed by atoms with Gasteiger partial charge in [-0.15, -0.1) is 0 Å². The molecule has 0 aromatic carbocycles. The number of rotatable bonds is 2. The summed E-state index contributed by atoms with van der Waals surface area (Å²) in [5.74, 6) is 0.173. The van der Waals surface area contributed by atoms with Crippen LogP contribution in [0.15, 0.2) is 5.11 Å². The second kappa shape index (κ2) is 4.00. The molecule has 1 aliphatic rings. The molecule has 0 aliphatic carbocycles. The molecule has 0 aromatic rings. The van der Waals surface area contributed by atoms with Crippen LogP contribution in [-0.2, 0) is 0 Å².